The van der Waals surface area contributed by atoms with Gasteiger partial charge in [0.1, 0.15) is 0 Å². The van der Waals surface area contributed by atoms with Gasteiger partial charge in [-0.3, -0.25) is 20.6 Å². The van der Waals surface area contributed by atoms with Crippen LogP contribution in [0.5, 0.6) is 0 Å². The van der Waals surface area contributed by atoms with Crippen molar-refractivity contribution in [3.05, 3.63) is 96.3 Å². The van der Waals surface area contributed by atoms with Crippen molar-refractivity contribution in [3.8, 4) is 0 Å². The lowest BCUT2D eigenvalue weighted by molar-refractivity contribution is 0.0571. The number of rotatable bonds is 10. The monoisotopic (exact) mass is 310 g/mol. The van der Waals surface area contributed by atoms with Crippen molar-refractivity contribution in [2.24, 2.45) is 0 Å². The summed E-state index contributed by atoms with van der Waals surface area (Å²) in [5.74, 6) is 0. The highest BCUT2D eigenvalue weighted by atomic mass is 16.6. The zero-order valence-electron chi connectivity index (χ0n) is 13.0. The maximum absolute atomic E-state index is 5.31. The predicted molar refractivity (Wildman–Crippen MR) is 91.6 cm³/mol. The SMILES string of the molecule is C(=CNOCc1ccccc1)CC=CNOCc1ccccc1. The molecule has 2 rings (SSSR count). The average Bonchev–Trinajstić information content (AvgIpc) is 2.61. The lowest BCUT2D eigenvalue weighted by Crippen LogP contribution is -2.06. The summed E-state index contributed by atoms with van der Waals surface area (Å²) in [5.41, 5.74) is 7.85. The molecule has 23 heavy (non-hydrogen) atoms. The molecule has 4 nitrogen and oxygen atoms in total. The van der Waals surface area contributed by atoms with Gasteiger partial charge in [0.25, 0.3) is 0 Å². The summed E-state index contributed by atoms with van der Waals surface area (Å²) in [5, 5.41) is 0. The summed E-state index contributed by atoms with van der Waals surface area (Å²) in [7, 11) is 0. The minimum absolute atomic E-state index is 0.538. The number of allylic oxidation sites excluding steroid dienone is 2. The minimum Gasteiger partial charge on any atom is -0.274 e. The Labute approximate surface area is 137 Å². The lowest BCUT2D eigenvalue weighted by atomic mass is 10.2. The maximum atomic E-state index is 5.31. The predicted octanol–water partition coefficient (Wildman–Crippen LogP) is 3.85. The highest BCUT2D eigenvalue weighted by Crippen LogP contribution is 1.99. The van der Waals surface area contributed by atoms with Crippen molar-refractivity contribution >= 4 is 0 Å². The highest BCUT2D eigenvalue weighted by molar-refractivity contribution is 5.14. The topological polar surface area (TPSA) is 42.5 Å². The molecule has 4 heteroatoms. The first-order valence-corrected chi connectivity index (χ1v) is 7.57. The Morgan fingerprint density at radius 3 is 1.52 bits per heavy atom. The smallest absolute Gasteiger partial charge is 0.0996 e. The molecule has 0 aliphatic rings. The Hall–Kier alpha value is -2.56. The molecule has 2 N–H and O–H groups in total. The van der Waals surface area contributed by atoms with Crippen molar-refractivity contribution in [2.45, 2.75) is 19.6 Å². The van der Waals surface area contributed by atoms with E-state index in [1.54, 1.807) is 12.4 Å². The fourth-order valence-electron chi connectivity index (χ4n) is 1.81. The Morgan fingerprint density at radius 2 is 1.09 bits per heavy atom. The Balaban J connectivity index is 1.46. The van der Waals surface area contributed by atoms with Crippen molar-refractivity contribution in [2.75, 3.05) is 0 Å². The van der Waals surface area contributed by atoms with Gasteiger partial charge >= 0.3 is 0 Å². The first kappa shape index (κ1) is 16.8. The Kier molecular flexibility index (Phi) is 8.09. The van der Waals surface area contributed by atoms with Crippen LogP contribution in [0.25, 0.3) is 0 Å². The van der Waals surface area contributed by atoms with Crippen LogP contribution < -0.4 is 11.0 Å². The average molecular weight is 310 g/mol. The first-order valence-electron chi connectivity index (χ1n) is 7.57. The van der Waals surface area contributed by atoms with Crippen LogP contribution in [0.15, 0.2) is 85.2 Å². The number of hydrogen-bond acceptors (Lipinski definition) is 4. The van der Waals surface area contributed by atoms with Crippen LogP contribution in [0.3, 0.4) is 0 Å². The van der Waals surface area contributed by atoms with E-state index in [1.807, 2.05) is 72.8 Å². The molecule has 0 bridgehead atoms. The molecule has 0 unspecified atom stereocenters. The summed E-state index contributed by atoms with van der Waals surface area (Å²) in [6.07, 6.45) is 8.25. The van der Waals surface area contributed by atoms with Crippen LogP contribution in [0.2, 0.25) is 0 Å². The molecule has 0 fully saturated rings. The number of nitrogens with one attached hydrogen (secondary N) is 2. The zero-order chi connectivity index (χ0) is 16.0. The molecule has 0 heterocycles. The fourth-order valence-corrected chi connectivity index (χ4v) is 1.81. The van der Waals surface area contributed by atoms with E-state index in [-0.39, 0.29) is 0 Å². The van der Waals surface area contributed by atoms with Gasteiger partial charge in [0.2, 0.25) is 0 Å². The van der Waals surface area contributed by atoms with Crippen LogP contribution in [-0.4, -0.2) is 0 Å². The molecular formula is C19H22N2O2. The van der Waals surface area contributed by atoms with Gasteiger partial charge in [-0.25, -0.2) is 0 Å². The molecule has 0 amide bonds. The second-order valence-electron chi connectivity index (χ2n) is 4.82. The number of hydrogen-bond donors (Lipinski definition) is 2. The third-order valence-electron chi connectivity index (χ3n) is 2.97. The number of hydroxylamine groups is 2. The third kappa shape index (κ3) is 7.85. The van der Waals surface area contributed by atoms with Gasteiger partial charge in [0.15, 0.2) is 0 Å². The molecule has 120 valence electrons. The van der Waals surface area contributed by atoms with Gasteiger partial charge in [0, 0.05) is 12.4 Å². The molecule has 2 aromatic rings. The van der Waals surface area contributed by atoms with Crippen molar-refractivity contribution in [1.29, 1.82) is 0 Å². The van der Waals surface area contributed by atoms with E-state index in [0.717, 1.165) is 17.5 Å². The summed E-state index contributed by atoms with van der Waals surface area (Å²) in [6.45, 7) is 1.08. The quantitative estimate of drug-likeness (QED) is 0.517. The largest absolute Gasteiger partial charge is 0.274 e. The van der Waals surface area contributed by atoms with Crippen LogP contribution in [0.1, 0.15) is 17.5 Å². The van der Waals surface area contributed by atoms with E-state index >= 15 is 0 Å². The summed E-state index contributed by atoms with van der Waals surface area (Å²) in [6, 6.07) is 20.0. The van der Waals surface area contributed by atoms with E-state index in [9.17, 15) is 0 Å². The molecule has 2 aromatic carbocycles. The number of benzene rings is 2. The zero-order valence-corrected chi connectivity index (χ0v) is 13.0. The highest BCUT2D eigenvalue weighted by Gasteiger charge is 1.89. The standard InChI is InChI=1S/C19H22N2O2/c1-4-10-18(11-5-1)16-22-20-14-8-3-9-15-21-23-17-19-12-6-2-7-13-19/h1-2,4-15,20-21H,3,16-17H2. The van der Waals surface area contributed by atoms with Gasteiger partial charge in [0.05, 0.1) is 13.2 Å². The summed E-state index contributed by atoms with van der Waals surface area (Å²) < 4.78 is 0. The van der Waals surface area contributed by atoms with Crippen LogP contribution in [0, 0.1) is 0 Å². The molecule has 0 radical (unpaired) electrons. The summed E-state index contributed by atoms with van der Waals surface area (Å²) >= 11 is 0. The van der Waals surface area contributed by atoms with Crippen LogP contribution >= 0.6 is 0 Å². The molecule has 0 saturated carbocycles. The van der Waals surface area contributed by atoms with Gasteiger partial charge < -0.3 is 0 Å². The molecule has 0 saturated heterocycles. The molecule has 0 spiro atoms. The second-order valence-corrected chi connectivity index (χ2v) is 4.82. The molecule has 0 aliphatic heterocycles. The van der Waals surface area contributed by atoms with Gasteiger partial charge in [-0.2, -0.15) is 0 Å². The van der Waals surface area contributed by atoms with Crippen LogP contribution in [-0.2, 0) is 22.9 Å². The van der Waals surface area contributed by atoms with Crippen molar-refractivity contribution < 1.29 is 9.68 Å². The van der Waals surface area contributed by atoms with E-state index < -0.39 is 0 Å². The van der Waals surface area contributed by atoms with Crippen molar-refractivity contribution in [1.82, 2.24) is 11.0 Å². The van der Waals surface area contributed by atoms with E-state index in [4.69, 9.17) is 9.68 Å². The first-order chi connectivity index (χ1) is 11.4. The van der Waals surface area contributed by atoms with Gasteiger partial charge in [-0.1, -0.05) is 72.8 Å². The third-order valence-corrected chi connectivity index (χ3v) is 2.97. The molecule has 0 aliphatic carbocycles. The molecule has 0 aromatic heterocycles. The van der Waals surface area contributed by atoms with Crippen molar-refractivity contribution in [3.63, 3.8) is 0 Å². The van der Waals surface area contributed by atoms with Gasteiger partial charge in [-0.05, 0) is 17.5 Å². The molecular weight excluding hydrogens is 288 g/mol. The minimum atomic E-state index is 0.538. The second kappa shape index (κ2) is 11.1. The van der Waals surface area contributed by atoms with E-state index in [2.05, 4.69) is 11.0 Å². The molecule has 0 atom stereocenters. The maximum Gasteiger partial charge on any atom is 0.0996 e. The van der Waals surface area contributed by atoms with Gasteiger partial charge in [-0.15, -0.1) is 0 Å². The Morgan fingerprint density at radius 1 is 0.652 bits per heavy atom. The Bertz CT molecular complexity index is 529. The van der Waals surface area contributed by atoms with E-state index in [0.29, 0.717) is 13.2 Å². The fraction of sp³-hybridized carbons (Fsp3) is 0.158. The van der Waals surface area contributed by atoms with Crippen LogP contribution in [0.4, 0.5) is 0 Å². The van der Waals surface area contributed by atoms with E-state index in [1.165, 1.54) is 0 Å². The lowest BCUT2D eigenvalue weighted by Gasteiger charge is -2.02. The normalized spacial score (nSPS) is 11.1. The summed E-state index contributed by atoms with van der Waals surface area (Å²) in [4.78, 5) is 10.6.